The van der Waals surface area contributed by atoms with Gasteiger partial charge >= 0.3 is 5.97 Å². The number of carboxylic acid groups (broad SMARTS) is 1. The Balaban J connectivity index is 1.82. The first-order valence-corrected chi connectivity index (χ1v) is 7.33. The van der Waals surface area contributed by atoms with Gasteiger partial charge < -0.3 is 14.7 Å². The van der Waals surface area contributed by atoms with E-state index in [0.29, 0.717) is 5.02 Å². The Morgan fingerprint density at radius 1 is 1.35 bits per heavy atom. The third-order valence-corrected chi connectivity index (χ3v) is 4.56. The van der Waals surface area contributed by atoms with Crippen molar-refractivity contribution in [2.45, 2.75) is 24.7 Å². The second kappa shape index (κ2) is 5.26. The van der Waals surface area contributed by atoms with E-state index in [-0.39, 0.29) is 11.8 Å². The van der Waals surface area contributed by atoms with Crippen LogP contribution in [0.2, 0.25) is 5.02 Å². The van der Waals surface area contributed by atoms with Crippen molar-refractivity contribution in [3.63, 3.8) is 0 Å². The average molecular weight is 296 g/mol. The largest absolute Gasteiger partial charge is 0.481 e. The molecule has 1 aromatic rings. The fraction of sp³-hybridized carbons (Fsp3) is 0.533. The van der Waals surface area contributed by atoms with Crippen LogP contribution in [-0.4, -0.2) is 37.4 Å². The number of anilines is 1. The molecule has 2 fully saturated rings. The summed E-state index contributed by atoms with van der Waals surface area (Å²) in [5.41, 5.74) is 1.89. The molecule has 0 bridgehead atoms. The first-order valence-electron chi connectivity index (χ1n) is 6.95. The Labute approximate surface area is 123 Å². The Kier molecular flexibility index (Phi) is 3.61. The minimum absolute atomic E-state index is 0.182. The highest BCUT2D eigenvalue weighted by Crippen LogP contribution is 2.52. The molecule has 0 aromatic heterocycles. The summed E-state index contributed by atoms with van der Waals surface area (Å²) in [4.78, 5) is 13.2. The minimum atomic E-state index is -0.740. The van der Waals surface area contributed by atoms with Gasteiger partial charge in [-0.15, -0.1) is 0 Å². The zero-order chi connectivity index (χ0) is 14.2. The highest BCUT2D eigenvalue weighted by atomic mass is 35.5. The van der Waals surface area contributed by atoms with Crippen LogP contribution in [0.3, 0.4) is 0 Å². The van der Waals surface area contributed by atoms with Crippen LogP contribution in [0.25, 0.3) is 0 Å². The van der Waals surface area contributed by atoms with Crippen LogP contribution in [-0.2, 0) is 14.9 Å². The van der Waals surface area contributed by atoms with Crippen LogP contribution >= 0.6 is 11.6 Å². The van der Waals surface area contributed by atoms with Crippen molar-refractivity contribution in [3.8, 4) is 0 Å². The maximum atomic E-state index is 11.0. The van der Waals surface area contributed by atoms with E-state index in [1.54, 1.807) is 0 Å². The third-order valence-electron chi connectivity index (χ3n) is 4.25. The minimum Gasteiger partial charge on any atom is -0.481 e. The molecule has 3 rings (SSSR count). The maximum Gasteiger partial charge on any atom is 0.304 e. The van der Waals surface area contributed by atoms with E-state index in [4.69, 9.17) is 21.4 Å². The molecule has 1 N–H and O–H groups in total. The topological polar surface area (TPSA) is 49.8 Å². The molecule has 108 valence electrons. The highest BCUT2D eigenvalue weighted by molar-refractivity contribution is 6.33. The molecule has 0 spiro atoms. The van der Waals surface area contributed by atoms with Crippen molar-refractivity contribution in [3.05, 3.63) is 28.8 Å². The van der Waals surface area contributed by atoms with Gasteiger partial charge in [0.15, 0.2) is 0 Å². The van der Waals surface area contributed by atoms with Crippen LogP contribution in [0.4, 0.5) is 5.69 Å². The molecular formula is C15H18ClNO3. The second-order valence-corrected chi connectivity index (χ2v) is 6.02. The quantitative estimate of drug-likeness (QED) is 0.928. The van der Waals surface area contributed by atoms with Gasteiger partial charge in [0.25, 0.3) is 0 Å². The van der Waals surface area contributed by atoms with Crippen LogP contribution in [0.5, 0.6) is 0 Å². The van der Waals surface area contributed by atoms with Crippen molar-refractivity contribution >= 4 is 23.3 Å². The third kappa shape index (κ3) is 2.63. The van der Waals surface area contributed by atoms with Crippen LogP contribution in [0.15, 0.2) is 18.2 Å². The molecule has 20 heavy (non-hydrogen) atoms. The van der Waals surface area contributed by atoms with Crippen molar-refractivity contribution < 1.29 is 14.6 Å². The van der Waals surface area contributed by atoms with E-state index in [9.17, 15) is 4.79 Å². The summed E-state index contributed by atoms with van der Waals surface area (Å²) in [6, 6.07) is 6.00. The Hall–Kier alpha value is -1.26. The zero-order valence-electron chi connectivity index (χ0n) is 11.3. The van der Waals surface area contributed by atoms with Crippen LogP contribution in [0, 0.1) is 0 Å². The number of aliphatic carboxylic acids is 1. The fourth-order valence-corrected chi connectivity index (χ4v) is 3.21. The molecule has 0 amide bonds. The zero-order valence-corrected chi connectivity index (χ0v) is 12.0. The first-order chi connectivity index (χ1) is 9.61. The van der Waals surface area contributed by atoms with Crippen molar-refractivity contribution in [2.24, 2.45) is 0 Å². The van der Waals surface area contributed by atoms with Crippen molar-refractivity contribution in [1.82, 2.24) is 0 Å². The Morgan fingerprint density at radius 2 is 2.05 bits per heavy atom. The molecule has 1 aliphatic heterocycles. The molecule has 1 saturated carbocycles. The molecule has 0 atom stereocenters. The lowest BCUT2D eigenvalue weighted by Gasteiger charge is -2.30. The van der Waals surface area contributed by atoms with Gasteiger partial charge in [-0.05, 0) is 30.5 Å². The maximum absolute atomic E-state index is 11.0. The number of halogens is 1. The predicted molar refractivity (Wildman–Crippen MR) is 77.6 cm³/mol. The van der Waals surface area contributed by atoms with Gasteiger partial charge in [0.2, 0.25) is 0 Å². The van der Waals surface area contributed by atoms with E-state index in [1.165, 1.54) is 0 Å². The van der Waals surface area contributed by atoms with Gasteiger partial charge in [-0.2, -0.15) is 0 Å². The number of carboxylic acids is 1. The molecule has 0 unspecified atom stereocenters. The fourth-order valence-electron chi connectivity index (χ4n) is 2.91. The Bertz CT molecular complexity index is 522. The van der Waals surface area contributed by atoms with Crippen LogP contribution in [0.1, 0.15) is 24.8 Å². The lowest BCUT2D eigenvalue weighted by molar-refractivity contribution is -0.137. The molecule has 1 heterocycles. The van der Waals surface area contributed by atoms with E-state index in [1.807, 2.05) is 18.2 Å². The lowest BCUT2D eigenvalue weighted by atomic mass is 9.92. The van der Waals surface area contributed by atoms with E-state index in [2.05, 4.69) is 4.90 Å². The molecule has 1 aliphatic carbocycles. The smallest absolute Gasteiger partial charge is 0.304 e. The SMILES string of the molecule is O=C(O)CC1(c2ccc(N3CCOCC3)c(Cl)c2)CC1. The number of carbonyl (C=O) groups is 1. The second-order valence-electron chi connectivity index (χ2n) is 5.62. The van der Waals surface area contributed by atoms with Gasteiger partial charge in [-0.3, -0.25) is 4.79 Å². The summed E-state index contributed by atoms with van der Waals surface area (Å²) in [5.74, 6) is -0.740. The van der Waals surface area contributed by atoms with Gasteiger partial charge in [-0.1, -0.05) is 17.7 Å². The number of hydrogen-bond donors (Lipinski definition) is 1. The molecule has 2 aliphatic rings. The highest BCUT2D eigenvalue weighted by Gasteiger charge is 2.46. The molecule has 5 heteroatoms. The van der Waals surface area contributed by atoms with Gasteiger partial charge in [-0.25, -0.2) is 0 Å². The number of benzene rings is 1. The van der Waals surface area contributed by atoms with Crippen molar-refractivity contribution in [2.75, 3.05) is 31.2 Å². The molecule has 1 aromatic carbocycles. The summed E-state index contributed by atoms with van der Waals surface area (Å²) in [7, 11) is 0. The van der Waals surface area contributed by atoms with Crippen molar-refractivity contribution in [1.29, 1.82) is 0 Å². The average Bonchev–Trinajstić information content (AvgIpc) is 3.19. The molecule has 1 saturated heterocycles. The number of ether oxygens (including phenoxy) is 1. The monoisotopic (exact) mass is 295 g/mol. The summed E-state index contributed by atoms with van der Waals surface area (Å²) in [6.07, 6.45) is 2.07. The summed E-state index contributed by atoms with van der Waals surface area (Å²) in [6.45, 7) is 3.14. The number of hydrogen-bond acceptors (Lipinski definition) is 3. The van der Waals surface area contributed by atoms with Gasteiger partial charge in [0.1, 0.15) is 0 Å². The lowest BCUT2D eigenvalue weighted by Crippen LogP contribution is -2.36. The Morgan fingerprint density at radius 3 is 2.60 bits per heavy atom. The summed E-state index contributed by atoms with van der Waals surface area (Å²) >= 11 is 6.40. The van der Waals surface area contributed by atoms with Gasteiger partial charge in [0, 0.05) is 18.5 Å². The predicted octanol–water partition coefficient (Wildman–Crippen LogP) is 2.68. The van der Waals surface area contributed by atoms with E-state index >= 15 is 0 Å². The standard InChI is InChI=1S/C15H18ClNO3/c16-12-9-11(15(3-4-15)10-14(18)19)1-2-13(12)17-5-7-20-8-6-17/h1-2,9H,3-8,10H2,(H,18,19). The molecular weight excluding hydrogens is 278 g/mol. The summed E-state index contributed by atoms with van der Waals surface area (Å²) < 4.78 is 5.34. The molecule has 4 nitrogen and oxygen atoms in total. The van der Waals surface area contributed by atoms with Crippen LogP contribution < -0.4 is 4.90 Å². The van der Waals surface area contributed by atoms with Gasteiger partial charge in [0.05, 0.1) is 30.3 Å². The summed E-state index contributed by atoms with van der Waals surface area (Å²) in [5, 5.41) is 9.73. The number of morpholine rings is 1. The number of nitrogens with zero attached hydrogens (tertiary/aromatic N) is 1. The molecule has 0 radical (unpaired) electrons. The number of rotatable bonds is 4. The first kappa shape index (κ1) is 13.7. The van der Waals surface area contributed by atoms with E-state index in [0.717, 1.165) is 50.4 Å². The normalized spacial score (nSPS) is 20.8. The van der Waals surface area contributed by atoms with E-state index < -0.39 is 5.97 Å².